The third-order valence-electron chi connectivity index (χ3n) is 2.69. The van der Waals surface area contributed by atoms with Gasteiger partial charge in [0.25, 0.3) is 0 Å². The third-order valence-corrected chi connectivity index (χ3v) is 2.69. The number of nitrogens with zero attached hydrogens (tertiary/aromatic N) is 2. The number of H-pyrrole nitrogens is 1. The average molecular weight is 252 g/mol. The molecule has 2 aromatic heterocycles. The summed E-state index contributed by atoms with van der Waals surface area (Å²) >= 11 is 0. The summed E-state index contributed by atoms with van der Waals surface area (Å²) in [6.07, 6.45) is 3.34. The number of benzene rings is 1. The summed E-state index contributed by atoms with van der Waals surface area (Å²) in [5.74, 6) is 1.72. The van der Waals surface area contributed by atoms with Crippen LogP contribution in [0, 0.1) is 0 Å². The highest BCUT2D eigenvalue weighted by atomic mass is 16.5. The van der Waals surface area contributed by atoms with Crippen LogP contribution in [0.4, 0.5) is 5.82 Å². The fraction of sp³-hybridized carbons (Fsp3) is 0. The predicted molar refractivity (Wildman–Crippen MR) is 72.7 cm³/mol. The average Bonchev–Trinajstić information content (AvgIpc) is 2.87. The minimum absolute atomic E-state index is 0.492. The molecule has 5 heteroatoms. The van der Waals surface area contributed by atoms with Gasteiger partial charge in [-0.05, 0) is 24.3 Å². The van der Waals surface area contributed by atoms with Crippen LogP contribution in [0.25, 0.3) is 11.1 Å². The van der Waals surface area contributed by atoms with Gasteiger partial charge in [0.1, 0.15) is 11.6 Å². The summed E-state index contributed by atoms with van der Waals surface area (Å²) in [5, 5.41) is 6.62. The van der Waals surface area contributed by atoms with Gasteiger partial charge >= 0.3 is 0 Å². The number of nitrogens with two attached hydrogens (primary N) is 1. The number of ether oxygens (including phenoxy) is 1. The summed E-state index contributed by atoms with van der Waals surface area (Å²) < 4.78 is 5.78. The second-order valence-electron chi connectivity index (χ2n) is 3.97. The molecular formula is C14H12N4O. The van der Waals surface area contributed by atoms with Crippen molar-refractivity contribution < 1.29 is 4.74 Å². The van der Waals surface area contributed by atoms with Crippen LogP contribution in [0.5, 0.6) is 11.6 Å². The molecule has 0 unspecified atom stereocenters. The maximum atomic E-state index is 5.83. The number of pyridine rings is 1. The molecule has 0 atom stereocenters. The van der Waals surface area contributed by atoms with Gasteiger partial charge in [-0.25, -0.2) is 4.98 Å². The van der Waals surface area contributed by atoms with Crippen LogP contribution in [-0.4, -0.2) is 15.2 Å². The Morgan fingerprint density at radius 3 is 2.58 bits per heavy atom. The van der Waals surface area contributed by atoms with Crippen LogP contribution >= 0.6 is 0 Å². The molecule has 3 N–H and O–H groups in total. The molecule has 0 amide bonds. The summed E-state index contributed by atoms with van der Waals surface area (Å²) in [4.78, 5) is 4.25. The number of hydrogen-bond acceptors (Lipinski definition) is 4. The Balaban J connectivity index is 2.01. The largest absolute Gasteiger partial charge is 0.438 e. The molecule has 2 heterocycles. The van der Waals surface area contributed by atoms with Crippen LogP contribution in [-0.2, 0) is 0 Å². The molecule has 1 aromatic carbocycles. The second kappa shape index (κ2) is 4.81. The Labute approximate surface area is 110 Å². The second-order valence-corrected chi connectivity index (χ2v) is 3.97. The van der Waals surface area contributed by atoms with Crippen molar-refractivity contribution >= 4 is 5.82 Å². The molecule has 3 rings (SSSR count). The van der Waals surface area contributed by atoms with Crippen LogP contribution in [0.15, 0.2) is 54.9 Å². The quantitative estimate of drug-likeness (QED) is 0.751. The Morgan fingerprint density at radius 1 is 1.00 bits per heavy atom. The van der Waals surface area contributed by atoms with Gasteiger partial charge < -0.3 is 10.5 Å². The minimum atomic E-state index is 0.492. The van der Waals surface area contributed by atoms with E-state index < -0.39 is 0 Å². The molecule has 0 saturated carbocycles. The third kappa shape index (κ3) is 2.26. The molecule has 0 aliphatic rings. The maximum absolute atomic E-state index is 5.83. The molecule has 19 heavy (non-hydrogen) atoms. The standard InChI is InChI=1S/C14H12N4O/c15-13-12(9-17-18-13)11-7-4-8-16-14(11)19-10-5-2-1-3-6-10/h1-9H,(H3,15,17,18). The molecule has 0 aliphatic heterocycles. The first kappa shape index (κ1) is 11.3. The van der Waals surface area contributed by atoms with Crippen molar-refractivity contribution in [3.63, 3.8) is 0 Å². The maximum Gasteiger partial charge on any atom is 0.227 e. The van der Waals surface area contributed by atoms with Gasteiger partial charge in [0.2, 0.25) is 5.88 Å². The van der Waals surface area contributed by atoms with E-state index in [0.29, 0.717) is 11.7 Å². The van der Waals surface area contributed by atoms with E-state index in [-0.39, 0.29) is 0 Å². The van der Waals surface area contributed by atoms with Gasteiger partial charge in [-0.3, -0.25) is 5.10 Å². The van der Waals surface area contributed by atoms with Gasteiger partial charge in [-0.1, -0.05) is 18.2 Å². The lowest BCUT2D eigenvalue weighted by Gasteiger charge is -2.08. The normalized spacial score (nSPS) is 10.3. The van der Waals surface area contributed by atoms with Gasteiger partial charge in [0.05, 0.1) is 6.20 Å². The number of anilines is 1. The van der Waals surface area contributed by atoms with Crippen LogP contribution in [0.3, 0.4) is 0 Å². The fourth-order valence-electron chi connectivity index (χ4n) is 1.79. The van der Waals surface area contributed by atoms with Crippen molar-refractivity contribution in [2.75, 3.05) is 5.73 Å². The van der Waals surface area contributed by atoms with Crippen molar-refractivity contribution in [2.24, 2.45) is 0 Å². The number of rotatable bonds is 3. The molecule has 94 valence electrons. The highest BCUT2D eigenvalue weighted by Gasteiger charge is 2.12. The Morgan fingerprint density at radius 2 is 1.84 bits per heavy atom. The Bertz CT molecular complexity index is 679. The molecule has 0 fully saturated rings. The summed E-state index contributed by atoms with van der Waals surface area (Å²) in [5.41, 5.74) is 7.41. The van der Waals surface area contributed by atoms with E-state index in [1.807, 2.05) is 42.5 Å². The van der Waals surface area contributed by atoms with Crippen molar-refractivity contribution in [1.29, 1.82) is 0 Å². The first-order chi connectivity index (χ1) is 9.34. The van der Waals surface area contributed by atoms with Gasteiger partial charge in [0.15, 0.2) is 0 Å². The molecule has 3 aromatic rings. The minimum Gasteiger partial charge on any atom is -0.438 e. The zero-order chi connectivity index (χ0) is 13.1. The molecular weight excluding hydrogens is 240 g/mol. The number of aromatic amines is 1. The van der Waals surface area contributed by atoms with Crippen molar-refractivity contribution in [2.45, 2.75) is 0 Å². The number of nitrogens with one attached hydrogen (secondary N) is 1. The summed E-state index contributed by atoms with van der Waals surface area (Å²) in [6.45, 7) is 0. The van der Waals surface area contributed by atoms with Gasteiger partial charge in [0, 0.05) is 17.3 Å². The number of aromatic nitrogens is 3. The van der Waals surface area contributed by atoms with E-state index in [2.05, 4.69) is 15.2 Å². The van der Waals surface area contributed by atoms with Crippen molar-refractivity contribution in [3.8, 4) is 22.8 Å². The first-order valence-corrected chi connectivity index (χ1v) is 5.82. The molecule has 0 saturated heterocycles. The van der Waals surface area contributed by atoms with Gasteiger partial charge in [-0.15, -0.1) is 0 Å². The van der Waals surface area contributed by atoms with E-state index in [1.54, 1.807) is 12.4 Å². The van der Waals surface area contributed by atoms with Crippen LogP contribution in [0.1, 0.15) is 0 Å². The van der Waals surface area contributed by atoms with Crippen molar-refractivity contribution in [3.05, 3.63) is 54.9 Å². The lowest BCUT2D eigenvalue weighted by atomic mass is 10.1. The van der Waals surface area contributed by atoms with Crippen LogP contribution < -0.4 is 10.5 Å². The highest BCUT2D eigenvalue weighted by Crippen LogP contribution is 2.33. The Kier molecular flexibility index (Phi) is 2.86. The lowest BCUT2D eigenvalue weighted by molar-refractivity contribution is 0.465. The zero-order valence-corrected chi connectivity index (χ0v) is 10.1. The summed E-state index contributed by atoms with van der Waals surface area (Å²) in [6, 6.07) is 13.2. The SMILES string of the molecule is Nc1[nH]ncc1-c1cccnc1Oc1ccccc1. The molecule has 0 bridgehead atoms. The molecule has 5 nitrogen and oxygen atoms in total. The number of para-hydroxylation sites is 1. The smallest absolute Gasteiger partial charge is 0.227 e. The van der Waals surface area contributed by atoms with E-state index >= 15 is 0 Å². The van der Waals surface area contributed by atoms with E-state index in [4.69, 9.17) is 10.5 Å². The zero-order valence-electron chi connectivity index (χ0n) is 10.1. The number of hydrogen-bond donors (Lipinski definition) is 2. The topological polar surface area (TPSA) is 76.8 Å². The summed E-state index contributed by atoms with van der Waals surface area (Å²) in [7, 11) is 0. The van der Waals surface area contributed by atoms with Gasteiger partial charge in [-0.2, -0.15) is 5.10 Å². The predicted octanol–water partition coefficient (Wildman–Crippen LogP) is 2.85. The van der Waals surface area contributed by atoms with E-state index in [1.165, 1.54) is 0 Å². The highest BCUT2D eigenvalue weighted by molar-refractivity contribution is 5.76. The Hall–Kier alpha value is -2.82. The van der Waals surface area contributed by atoms with Crippen molar-refractivity contribution in [1.82, 2.24) is 15.2 Å². The molecule has 0 aliphatic carbocycles. The van der Waals surface area contributed by atoms with E-state index in [0.717, 1.165) is 16.9 Å². The van der Waals surface area contributed by atoms with E-state index in [9.17, 15) is 0 Å². The fourth-order valence-corrected chi connectivity index (χ4v) is 1.79. The monoisotopic (exact) mass is 252 g/mol. The molecule has 0 spiro atoms. The van der Waals surface area contributed by atoms with Crippen LogP contribution in [0.2, 0.25) is 0 Å². The first-order valence-electron chi connectivity index (χ1n) is 5.82. The lowest BCUT2D eigenvalue weighted by Crippen LogP contribution is -1.93. The number of nitrogen functional groups attached to an aromatic ring is 1. The molecule has 0 radical (unpaired) electrons.